The Hall–Kier alpha value is -0.280. The normalized spacial score (nSPS) is 28.9. The Morgan fingerprint density at radius 1 is 1.31 bits per heavy atom. The van der Waals surface area contributed by atoms with Gasteiger partial charge in [0, 0.05) is 29.7 Å². The second-order valence-corrected chi connectivity index (χ2v) is 5.32. The third kappa shape index (κ3) is 2.21. The van der Waals surface area contributed by atoms with E-state index in [1.807, 2.05) is 12.1 Å². The van der Waals surface area contributed by atoms with Crippen LogP contribution in [0.25, 0.3) is 0 Å². The maximum Gasteiger partial charge on any atom is 0.0969 e. The number of nitrogens with zero attached hydrogens (tertiary/aromatic N) is 1. The minimum Gasteiger partial charge on any atom is -0.368 e. The molecule has 2 saturated heterocycles. The third-order valence-electron chi connectivity index (χ3n) is 3.26. The van der Waals surface area contributed by atoms with Crippen molar-refractivity contribution in [3.8, 4) is 0 Å². The fourth-order valence-electron chi connectivity index (χ4n) is 2.28. The van der Waals surface area contributed by atoms with Gasteiger partial charge in [-0.05, 0) is 24.1 Å². The van der Waals surface area contributed by atoms with Crippen molar-refractivity contribution in [2.24, 2.45) is 0 Å². The molecule has 2 nitrogen and oxygen atoms in total. The van der Waals surface area contributed by atoms with Gasteiger partial charge < -0.3 is 4.74 Å². The fourth-order valence-corrected chi connectivity index (χ4v) is 2.75. The van der Waals surface area contributed by atoms with Crippen LogP contribution in [0.4, 0.5) is 0 Å². The average molecular weight is 258 g/mol. The van der Waals surface area contributed by atoms with Crippen molar-refractivity contribution in [2.45, 2.75) is 25.2 Å². The van der Waals surface area contributed by atoms with Crippen molar-refractivity contribution in [3.05, 3.63) is 33.8 Å². The molecule has 0 bridgehead atoms. The first-order valence-corrected chi connectivity index (χ1v) is 6.30. The molecule has 0 amide bonds. The number of ether oxygens (including phenoxy) is 1. The molecule has 86 valence electrons. The van der Waals surface area contributed by atoms with Crippen LogP contribution in [0.2, 0.25) is 10.0 Å². The SMILES string of the molecule is Clc1ccc(CN2CCC3OC3C2)c(Cl)c1. The number of epoxide rings is 1. The molecule has 2 heterocycles. The van der Waals surface area contributed by atoms with Gasteiger partial charge in [0.2, 0.25) is 0 Å². The van der Waals surface area contributed by atoms with Gasteiger partial charge in [-0.15, -0.1) is 0 Å². The van der Waals surface area contributed by atoms with Gasteiger partial charge in [0.1, 0.15) is 0 Å². The van der Waals surface area contributed by atoms with E-state index >= 15 is 0 Å². The van der Waals surface area contributed by atoms with Crippen LogP contribution in [-0.2, 0) is 11.3 Å². The Labute approximate surface area is 105 Å². The second kappa shape index (κ2) is 4.19. The third-order valence-corrected chi connectivity index (χ3v) is 3.85. The van der Waals surface area contributed by atoms with Crippen LogP contribution >= 0.6 is 23.2 Å². The molecule has 2 aliphatic rings. The molecule has 0 spiro atoms. The number of likely N-dealkylation sites (tertiary alicyclic amines) is 1. The van der Waals surface area contributed by atoms with Crippen molar-refractivity contribution < 1.29 is 4.74 Å². The van der Waals surface area contributed by atoms with Gasteiger partial charge in [-0.2, -0.15) is 0 Å². The second-order valence-electron chi connectivity index (χ2n) is 4.47. The number of fused-ring (bicyclic) bond motifs is 1. The van der Waals surface area contributed by atoms with E-state index < -0.39 is 0 Å². The lowest BCUT2D eigenvalue weighted by atomic mass is 10.1. The Kier molecular flexibility index (Phi) is 2.84. The van der Waals surface area contributed by atoms with Gasteiger partial charge in [0.15, 0.2) is 0 Å². The summed E-state index contributed by atoms with van der Waals surface area (Å²) in [7, 11) is 0. The van der Waals surface area contributed by atoms with Gasteiger partial charge in [-0.25, -0.2) is 0 Å². The number of hydrogen-bond acceptors (Lipinski definition) is 2. The molecule has 1 aromatic rings. The summed E-state index contributed by atoms with van der Waals surface area (Å²) < 4.78 is 5.50. The Balaban J connectivity index is 1.68. The lowest BCUT2D eigenvalue weighted by molar-refractivity contribution is 0.237. The molecule has 4 heteroatoms. The summed E-state index contributed by atoms with van der Waals surface area (Å²) in [5.74, 6) is 0. The predicted octanol–water partition coefficient (Wildman–Crippen LogP) is 2.97. The van der Waals surface area contributed by atoms with Crippen LogP contribution in [-0.4, -0.2) is 30.2 Å². The summed E-state index contributed by atoms with van der Waals surface area (Å²) in [5.41, 5.74) is 1.14. The minimum atomic E-state index is 0.472. The first-order valence-electron chi connectivity index (χ1n) is 5.54. The molecule has 2 fully saturated rings. The highest BCUT2D eigenvalue weighted by Crippen LogP contribution is 2.32. The number of benzene rings is 1. The molecule has 0 aliphatic carbocycles. The zero-order valence-corrected chi connectivity index (χ0v) is 10.3. The highest BCUT2D eigenvalue weighted by molar-refractivity contribution is 6.35. The molecule has 0 aromatic heterocycles. The fraction of sp³-hybridized carbons (Fsp3) is 0.500. The van der Waals surface area contributed by atoms with Crippen LogP contribution in [0.1, 0.15) is 12.0 Å². The molecular formula is C12H13Cl2NO. The van der Waals surface area contributed by atoms with E-state index in [2.05, 4.69) is 4.90 Å². The van der Waals surface area contributed by atoms with Crippen LogP contribution in [0.5, 0.6) is 0 Å². The summed E-state index contributed by atoms with van der Waals surface area (Å²) in [6.45, 7) is 3.02. The monoisotopic (exact) mass is 257 g/mol. The van der Waals surface area contributed by atoms with Crippen molar-refractivity contribution in [2.75, 3.05) is 13.1 Å². The standard InChI is InChI=1S/C12H13Cl2NO/c13-9-2-1-8(10(14)5-9)6-15-4-3-11-12(7-15)16-11/h1-2,5,11-12H,3-4,6-7H2. The van der Waals surface area contributed by atoms with Crippen LogP contribution in [0.15, 0.2) is 18.2 Å². The van der Waals surface area contributed by atoms with E-state index in [4.69, 9.17) is 27.9 Å². The molecule has 1 aromatic carbocycles. The van der Waals surface area contributed by atoms with Crippen LogP contribution in [0, 0.1) is 0 Å². The van der Waals surface area contributed by atoms with E-state index in [0.29, 0.717) is 17.2 Å². The van der Waals surface area contributed by atoms with Gasteiger partial charge >= 0.3 is 0 Å². The molecule has 16 heavy (non-hydrogen) atoms. The average Bonchev–Trinajstić information content (AvgIpc) is 3.00. The first kappa shape index (κ1) is 10.8. The van der Waals surface area contributed by atoms with E-state index in [-0.39, 0.29) is 0 Å². The lowest BCUT2D eigenvalue weighted by Gasteiger charge is -2.24. The van der Waals surface area contributed by atoms with E-state index in [1.54, 1.807) is 6.07 Å². The van der Waals surface area contributed by atoms with Crippen molar-refractivity contribution in [3.63, 3.8) is 0 Å². The quantitative estimate of drug-likeness (QED) is 0.758. The van der Waals surface area contributed by atoms with Crippen LogP contribution < -0.4 is 0 Å². The Morgan fingerprint density at radius 3 is 2.94 bits per heavy atom. The van der Waals surface area contributed by atoms with Gasteiger partial charge in [-0.3, -0.25) is 4.90 Å². The summed E-state index contributed by atoms with van der Waals surface area (Å²) in [4.78, 5) is 2.39. The number of halogens is 2. The van der Waals surface area contributed by atoms with E-state index in [9.17, 15) is 0 Å². The molecular weight excluding hydrogens is 245 g/mol. The highest BCUT2D eigenvalue weighted by Gasteiger charge is 2.43. The molecule has 2 unspecified atom stereocenters. The zero-order valence-electron chi connectivity index (χ0n) is 8.83. The molecule has 0 N–H and O–H groups in total. The Morgan fingerprint density at radius 2 is 2.19 bits per heavy atom. The molecule has 2 atom stereocenters. The van der Waals surface area contributed by atoms with Crippen molar-refractivity contribution in [1.29, 1.82) is 0 Å². The largest absolute Gasteiger partial charge is 0.368 e. The van der Waals surface area contributed by atoms with Crippen molar-refractivity contribution in [1.82, 2.24) is 4.90 Å². The van der Waals surface area contributed by atoms with Crippen LogP contribution in [0.3, 0.4) is 0 Å². The van der Waals surface area contributed by atoms with Crippen molar-refractivity contribution >= 4 is 23.2 Å². The summed E-state index contributed by atoms with van der Waals surface area (Å²) in [6, 6.07) is 5.70. The zero-order chi connectivity index (χ0) is 11.1. The number of hydrogen-bond donors (Lipinski definition) is 0. The Bertz CT molecular complexity index is 410. The molecule has 0 saturated carbocycles. The lowest BCUT2D eigenvalue weighted by Crippen LogP contribution is -2.34. The first-order chi connectivity index (χ1) is 7.72. The number of piperidine rings is 1. The van der Waals surface area contributed by atoms with E-state index in [1.165, 1.54) is 0 Å². The topological polar surface area (TPSA) is 15.8 Å². The summed E-state index contributed by atoms with van der Waals surface area (Å²) >= 11 is 12.0. The summed E-state index contributed by atoms with van der Waals surface area (Å²) in [6.07, 6.45) is 2.16. The molecule has 3 rings (SSSR count). The molecule has 0 radical (unpaired) electrons. The van der Waals surface area contributed by atoms with E-state index in [0.717, 1.165) is 36.6 Å². The predicted molar refractivity (Wildman–Crippen MR) is 65.0 cm³/mol. The number of rotatable bonds is 2. The smallest absolute Gasteiger partial charge is 0.0969 e. The highest BCUT2D eigenvalue weighted by atomic mass is 35.5. The minimum absolute atomic E-state index is 0.472. The summed E-state index contributed by atoms with van der Waals surface area (Å²) in [5, 5.41) is 1.45. The molecule has 2 aliphatic heterocycles. The maximum atomic E-state index is 6.15. The maximum absolute atomic E-state index is 6.15. The van der Waals surface area contributed by atoms with Gasteiger partial charge in [0.25, 0.3) is 0 Å². The van der Waals surface area contributed by atoms with Gasteiger partial charge in [-0.1, -0.05) is 29.3 Å². The van der Waals surface area contributed by atoms with Gasteiger partial charge in [0.05, 0.1) is 12.2 Å².